The number of ether oxygens (including phenoxy) is 2. The number of ketones is 1. The number of aryl methyl sites for hydroxylation is 1. The molecule has 0 saturated heterocycles. The maximum absolute atomic E-state index is 12.7. The SMILES string of the molecule is CCc1cccc2c(C(=O)COC(=O)[C@H](CCSC)NC(=O)COc3ccccc3)c[nH]c12. The number of fused-ring (bicyclic) bond motifs is 1. The average Bonchev–Trinajstić information content (AvgIpc) is 3.28. The van der Waals surface area contributed by atoms with Crippen molar-refractivity contribution in [2.75, 3.05) is 25.2 Å². The summed E-state index contributed by atoms with van der Waals surface area (Å²) in [6, 6.07) is 13.9. The molecule has 1 amide bonds. The maximum Gasteiger partial charge on any atom is 0.329 e. The monoisotopic (exact) mass is 468 g/mol. The summed E-state index contributed by atoms with van der Waals surface area (Å²) in [7, 11) is 0. The third-order valence-electron chi connectivity index (χ3n) is 5.17. The summed E-state index contributed by atoms with van der Waals surface area (Å²) in [5.74, 6) is -0.163. The Morgan fingerprint density at radius 3 is 2.58 bits per heavy atom. The Bertz CT molecular complexity index is 1100. The first-order chi connectivity index (χ1) is 16.0. The third-order valence-corrected chi connectivity index (χ3v) is 5.82. The average molecular weight is 469 g/mol. The number of para-hydroxylation sites is 2. The highest BCUT2D eigenvalue weighted by Gasteiger charge is 2.24. The van der Waals surface area contributed by atoms with Gasteiger partial charge in [0.1, 0.15) is 11.8 Å². The van der Waals surface area contributed by atoms with E-state index < -0.39 is 24.5 Å². The molecule has 0 aliphatic heterocycles. The molecule has 1 aromatic heterocycles. The summed E-state index contributed by atoms with van der Waals surface area (Å²) in [5.41, 5.74) is 2.51. The number of H-pyrrole nitrogens is 1. The van der Waals surface area contributed by atoms with Gasteiger partial charge in [-0.05, 0) is 42.5 Å². The van der Waals surface area contributed by atoms with Gasteiger partial charge in [-0.2, -0.15) is 11.8 Å². The van der Waals surface area contributed by atoms with Crippen molar-refractivity contribution in [1.82, 2.24) is 10.3 Å². The third kappa shape index (κ3) is 6.61. The summed E-state index contributed by atoms with van der Waals surface area (Å²) in [4.78, 5) is 40.8. The fraction of sp³-hybridized carbons (Fsp3) is 0.320. The topological polar surface area (TPSA) is 97.5 Å². The molecule has 0 unspecified atom stereocenters. The minimum absolute atomic E-state index is 0.221. The summed E-state index contributed by atoms with van der Waals surface area (Å²) in [5, 5.41) is 3.46. The molecular formula is C25H28N2O5S. The van der Waals surface area contributed by atoms with Crippen LogP contribution in [0.3, 0.4) is 0 Å². The summed E-state index contributed by atoms with van der Waals surface area (Å²) in [6.07, 6.45) is 4.78. The molecule has 2 N–H and O–H groups in total. The van der Waals surface area contributed by atoms with Gasteiger partial charge >= 0.3 is 5.97 Å². The van der Waals surface area contributed by atoms with Gasteiger partial charge in [0, 0.05) is 22.7 Å². The van der Waals surface area contributed by atoms with Gasteiger partial charge in [0.2, 0.25) is 5.78 Å². The number of thioether (sulfide) groups is 1. The molecule has 1 atom stereocenters. The minimum Gasteiger partial charge on any atom is -0.484 e. The van der Waals surface area contributed by atoms with Gasteiger partial charge in [-0.15, -0.1) is 0 Å². The number of aromatic nitrogens is 1. The van der Waals surface area contributed by atoms with E-state index in [1.165, 1.54) is 0 Å². The van der Waals surface area contributed by atoms with E-state index in [1.54, 1.807) is 42.2 Å². The van der Waals surface area contributed by atoms with Crippen LogP contribution in [0, 0.1) is 0 Å². The highest BCUT2D eigenvalue weighted by atomic mass is 32.2. The van der Waals surface area contributed by atoms with Crippen molar-refractivity contribution in [1.29, 1.82) is 0 Å². The number of hydrogen-bond acceptors (Lipinski definition) is 6. The number of hydrogen-bond donors (Lipinski definition) is 2. The van der Waals surface area contributed by atoms with Crippen molar-refractivity contribution in [3.63, 3.8) is 0 Å². The van der Waals surface area contributed by atoms with Crippen LogP contribution in [-0.2, 0) is 20.7 Å². The van der Waals surface area contributed by atoms with Crippen molar-refractivity contribution in [3.05, 3.63) is 65.9 Å². The number of nitrogens with one attached hydrogen (secondary N) is 2. The van der Waals surface area contributed by atoms with E-state index in [0.29, 0.717) is 23.5 Å². The van der Waals surface area contributed by atoms with Crippen LogP contribution in [-0.4, -0.2) is 53.9 Å². The van der Waals surface area contributed by atoms with Crippen LogP contribution in [0.25, 0.3) is 10.9 Å². The highest BCUT2D eigenvalue weighted by molar-refractivity contribution is 7.98. The lowest BCUT2D eigenvalue weighted by Crippen LogP contribution is -2.44. The van der Waals surface area contributed by atoms with Gasteiger partial charge in [-0.1, -0.05) is 43.3 Å². The van der Waals surface area contributed by atoms with Gasteiger partial charge in [0.05, 0.1) is 0 Å². The molecule has 1 heterocycles. The van der Waals surface area contributed by atoms with Crippen LogP contribution in [0.2, 0.25) is 0 Å². The predicted octanol–water partition coefficient (Wildman–Crippen LogP) is 3.77. The Morgan fingerprint density at radius 1 is 1.06 bits per heavy atom. The van der Waals surface area contributed by atoms with E-state index in [4.69, 9.17) is 9.47 Å². The summed E-state index contributed by atoms with van der Waals surface area (Å²) < 4.78 is 10.7. The molecule has 0 aliphatic carbocycles. The standard InChI is InChI=1S/C25H28N2O5S/c1-3-17-8-7-11-19-20(14-26-24(17)19)22(28)15-32-25(30)21(12-13-33-2)27-23(29)16-31-18-9-5-4-6-10-18/h4-11,14,21,26H,3,12-13,15-16H2,1-2H3,(H,27,29)/t21-/m0/s1. The molecule has 0 bridgehead atoms. The first-order valence-corrected chi connectivity index (χ1v) is 12.2. The van der Waals surface area contributed by atoms with Gasteiger partial charge in [0.15, 0.2) is 13.2 Å². The van der Waals surface area contributed by atoms with Crippen molar-refractivity contribution in [3.8, 4) is 5.75 Å². The second-order valence-electron chi connectivity index (χ2n) is 7.43. The summed E-state index contributed by atoms with van der Waals surface area (Å²) >= 11 is 1.55. The van der Waals surface area contributed by atoms with Crippen molar-refractivity contribution in [2.24, 2.45) is 0 Å². The predicted molar refractivity (Wildman–Crippen MR) is 130 cm³/mol. The molecule has 3 aromatic rings. The highest BCUT2D eigenvalue weighted by Crippen LogP contribution is 2.22. The van der Waals surface area contributed by atoms with Gasteiger partial charge in [-0.25, -0.2) is 4.79 Å². The molecule has 0 fully saturated rings. The number of carbonyl (C=O) groups is 3. The zero-order valence-corrected chi connectivity index (χ0v) is 19.6. The van der Waals surface area contributed by atoms with Crippen LogP contribution in [0.15, 0.2) is 54.7 Å². The molecule has 0 saturated carbocycles. The van der Waals surface area contributed by atoms with E-state index in [2.05, 4.69) is 10.3 Å². The fourth-order valence-corrected chi connectivity index (χ4v) is 3.92. The second-order valence-corrected chi connectivity index (χ2v) is 8.42. The van der Waals surface area contributed by atoms with E-state index in [1.807, 2.05) is 37.4 Å². The molecule has 0 radical (unpaired) electrons. The number of aromatic amines is 1. The van der Waals surface area contributed by atoms with Crippen molar-refractivity contribution in [2.45, 2.75) is 25.8 Å². The van der Waals surface area contributed by atoms with Gasteiger partial charge in [0.25, 0.3) is 5.91 Å². The van der Waals surface area contributed by atoms with Gasteiger partial charge in [-0.3, -0.25) is 9.59 Å². The number of amides is 1. The zero-order valence-electron chi connectivity index (χ0n) is 18.8. The fourth-order valence-electron chi connectivity index (χ4n) is 3.44. The molecule has 2 aromatic carbocycles. The van der Waals surface area contributed by atoms with Crippen LogP contribution in [0.4, 0.5) is 0 Å². The maximum atomic E-state index is 12.7. The number of esters is 1. The van der Waals surface area contributed by atoms with E-state index >= 15 is 0 Å². The lowest BCUT2D eigenvalue weighted by molar-refractivity contribution is -0.147. The minimum atomic E-state index is -0.855. The van der Waals surface area contributed by atoms with E-state index in [-0.39, 0.29) is 12.4 Å². The van der Waals surface area contributed by atoms with Gasteiger partial charge < -0.3 is 19.8 Å². The second kappa shape index (κ2) is 12.1. The van der Waals surface area contributed by atoms with Crippen LogP contribution < -0.4 is 10.1 Å². The Balaban J connectivity index is 1.58. The lowest BCUT2D eigenvalue weighted by Gasteiger charge is -2.17. The number of rotatable bonds is 12. The summed E-state index contributed by atoms with van der Waals surface area (Å²) in [6.45, 7) is 1.43. The smallest absolute Gasteiger partial charge is 0.329 e. The largest absolute Gasteiger partial charge is 0.484 e. The van der Waals surface area contributed by atoms with Crippen molar-refractivity contribution < 1.29 is 23.9 Å². The molecule has 8 heteroatoms. The Hall–Kier alpha value is -3.26. The molecule has 0 aliphatic rings. The molecular weight excluding hydrogens is 440 g/mol. The first-order valence-electron chi connectivity index (χ1n) is 10.8. The normalized spacial score (nSPS) is 11.7. The number of Topliss-reactive ketones (excluding diaryl/α,β-unsaturated/α-hetero) is 1. The van der Waals surface area contributed by atoms with Crippen LogP contribution >= 0.6 is 11.8 Å². The zero-order chi connectivity index (χ0) is 23.6. The van der Waals surface area contributed by atoms with Crippen LogP contribution in [0.5, 0.6) is 5.75 Å². The quantitative estimate of drug-likeness (QED) is 0.310. The molecule has 3 rings (SSSR count). The van der Waals surface area contributed by atoms with E-state index in [0.717, 1.165) is 22.9 Å². The van der Waals surface area contributed by atoms with Crippen molar-refractivity contribution >= 4 is 40.3 Å². The van der Waals surface area contributed by atoms with E-state index in [9.17, 15) is 14.4 Å². The van der Waals surface area contributed by atoms with Crippen LogP contribution in [0.1, 0.15) is 29.3 Å². The lowest BCUT2D eigenvalue weighted by atomic mass is 10.1. The Labute approximate surface area is 197 Å². The Kier molecular flexibility index (Phi) is 8.95. The first kappa shape index (κ1) is 24.4. The number of carbonyl (C=O) groups excluding carboxylic acids is 3. The number of benzene rings is 2. The molecule has 174 valence electrons. The molecule has 33 heavy (non-hydrogen) atoms. The molecule has 7 nitrogen and oxygen atoms in total. The Morgan fingerprint density at radius 2 is 1.85 bits per heavy atom. The molecule has 0 spiro atoms.